The van der Waals surface area contributed by atoms with Crippen LogP contribution in [0.5, 0.6) is 0 Å². The lowest BCUT2D eigenvalue weighted by molar-refractivity contribution is -0.275. The van der Waals surface area contributed by atoms with Gasteiger partial charge in [0.1, 0.15) is 6.61 Å². The highest BCUT2D eigenvalue weighted by atomic mass is 17.2. The molecule has 2 aromatic heterocycles. The largest absolute Gasteiger partial charge is 0.351 e. The maximum atomic E-state index is 12.7. The van der Waals surface area contributed by atoms with Crippen molar-refractivity contribution in [3.8, 4) is 0 Å². The molecule has 2 aromatic rings. The molecule has 0 bridgehead atoms. The van der Waals surface area contributed by atoms with Crippen molar-refractivity contribution in [2.45, 2.75) is 83.7 Å². The number of hydrogen-bond acceptors (Lipinski definition) is 6. The smallest absolute Gasteiger partial charge is 0.332 e. The number of nitrogens with one attached hydrogen (secondary N) is 1. The van der Waals surface area contributed by atoms with Crippen molar-refractivity contribution in [1.82, 2.24) is 24.0 Å². The molecule has 1 N–H and O–H groups in total. The topological polar surface area (TPSA) is 109 Å². The van der Waals surface area contributed by atoms with Gasteiger partial charge in [0.05, 0.1) is 19.5 Å². The number of amides is 1. The first-order chi connectivity index (χ1) is 15.9. The Bertz CT molecular complexity index is 994. The van der Waals surface area contributed by atoms with Crippen LogP contribution < -0.4 is 16.6 Å². The first kappa shape index (κ1) is 26.8. The lowest BCUT2D eigenvalue weighted by atomic mass is 10.1. The summed E-state index contributed by atoms with van der Waals surface area (Å²) in [6.45, 7) is 2.79. The maximum Gasteiger partial charge on any atom is 0.332 e. The summed E-state index contributed by atoms with van der Waals surface area (Å²) in [7, 11) is 4.87. The van der Waals surface area contributed by atoms with Gasteiger partial charge in [0.15, 0.2) is 11.2 Å². The highest BCUT2D eigenvalue weighted by Gasteiger charge is 2.14. The fourth-order valence-electron chi connectivity index (χ4n) is 3.92. The van der Waals surface area contributed by atoms with Gasteiger partial charge in [-0.15, -0.1) is 0 Å². The number of carbonyl (C=O) groups is 1. The minimum absolute atomic E-state index is 0.0143. The van der Waals surface area contributed by atoms with Crippen molar-refractivity contribution in [2.24, 2.45) is 14.1 Å². The Morgan fingerprint density at radius 1 is 1.06 bits per heavy atom. The fourth-order valence-corrected chi connectivity index (χ4v) is 3.92. The Hall–Kier alpha value is -2.46. The molecular formula is C23H39N5O5. The second kappa shape index (κ2) is 13.9. The number of hydrogen-bond donors (Lipinski definition) is 1. The van der Waals surface area contributed by atoms with Gasteiger partial charge in [-0.05, 0) is 19.3 Å². The van der Waals surface area contributed by atoms with Gasteiger partial charge in [0.2, 0.25) is 5.91 Å². The van der Waals surface area contributed by atoms with E-state index in [4.69, 9.17) is 4.89 Å². The molecule has 1 amide bonds. The molecule has 10 heteroatoms. The van der Waals surface area contributed by atoms with Crippen LogP contribution in [0, 0.1) is 0 Å². The molecule has 0 radical (unpaired) electrons. The molecule has 0 aromatic carbocycles. The SMILES string of the molecule is CCC(COOC)NC(=O)CCCCCCCCCCn1c(=O)c2c(ncn2C)n(C)c1=O. The molecule has 0 spiro atoms. The molecule has 186 valence electrons. The third-order valence-corrected chi connectivity index (χ3v) is 5.98. The monoisotopic (exact) mass is 465 g/mol. The van der Waals surface area contributed by atoms with E-state index in [1.807, 2.05) is 6.92 Å². The van der Waals surface area contributed by atoms with E-state index in [9.17, 15) is 14.4 Å². The van der Waals surface area contributed by atoms with Gasteiger partial charge in [-0.25, -0.2) is 19.6 Å². The number of rotatable bonds is 16. The molecule has 1 unspecified atom stereocenters. The van der Waals surface area contributed by atoms with E-state index in [-0.39, 0.29) is 23.2 Å². The normalized spacial score (nSPS) is 12.4. The van der Waals surface area contributed by atoms with Gasteiger partial charge in [0.25, 0.3) is 5.56 Å². The van der Waals surface area contributed by atoms with Crippen molar-refractivity contribution in [3.63, 3.8) is 0 Å². The predicted molar refractivity (Wildman–Crippen MR) is 127 cm³/mol. The Balaban J connectivity index is 1.58. The van der Waals surface area contributed by atoms with Gasteiger partial charge in [-0.3, -0.25) is 18.7 Å². The second-order valence-electron chi connectivity index (χ2n) is 8.53. The van der Waals surface area contributed by atoms with Crippen molar-refractivity contribution >= 4 is 17.1 Å². The maximum absolute atomic E-state index is 12.7. The lowest BCUT2D eigenvalue weighted by Gasteiger charge is -2.15. The molecule has 10 nitrogen and oxygen atoms in total. The molecule has 33 heavy (non-hydrogen) atoms. The zero-order chi connectivity index (χ0) is 24.2. The standard InChI is InChI=1S/C23H39N5O5/c1-5-18(16-33-32-4)25-19(29)14-12-10-8-6-7-9-11-13-15-28-22(30)20-21(24-17-26(20)2)27(3)23(28)31/h17-18H,5-16H2,1-4H3,(H,25,29). The van der Waals surface area contributed by atoms with Gasteiger partial charge in [0, 0.05) is 27.1 Å². The predicted octanol–water partition coefficient (Wildman–Crippen LogP) is 2.42. The Morgan fingerprint density at radius 3 is 2.33 bits per heavy atom. The molecule has 0 saturated heterocycles. The van der Waals surface area contributed by atoms with Crippen LogP contribution in [-0.2, 0) is 35.2 Å². The van der Waals surface area contributed by atoms with Crippen LogP contribution in [0.2, 0.25) is 0 Å². The first-order valence-electron chi connectivity index (χ1n) is 12.0. The quantitative estimate of drug-likeness (QED) is 0.232. The minimum Gasteiger partial charge on any atom is -0.351 e. The molecule has 0 aliphatic carbocycles. The fraction of sp³-hybridized carbons (Fsp3) is 0.739. The zero-order valence-corrected chi connectivity index (χ0v) is 20.5. The van der Waals surface area contributed by atoms with Crippen LogP contribution in [0.15, 0.2) is 15.9 Å². The van der Waals surface area contributed by atoms with Gasteiger partial charge < -0.3 is 9.88 Å². The molecule has 2 heterocycles. The molecule has 0 fully saturated rings. The van der Waals surface area contributed by atoms with E-state index in [1.54, 1.807) is 25.0 Å². The van der Waals surface area contributed by atoms with Crippen molar-refractivity contribution in [1.29, 1.82) is 0 Å². The molecule has 1 atom stereocenters. The van der Waals surface area contributed by atoms with E-state index < -0.39 is 0 Å². The summed E-state index contributed by atoms with van der Waals surface area (Å²) in [6, 6.07) is -0.0143. The zero-order valence-electron chi connectivity index (χ0n) is 20.5. The van der Waals surface area contributed by atoms with Crippen LogP contribution >= 0.6 is 0 Å². The van der Waals surface area contributed by atoms with Crippen LogP contribution in [0.25, 0.3) is 11.2 Å². The second-order valence-corrected chi connectivity index (χ2v) is 8.53. The molecular weight excluding hydrogens is 426 g/mol. The van der Waals surface area contributed by atoms with Gasteiger partial charge in [-0.1, -0.05) is 45.4 Å². The molecule has 2 rings (SSSR count). The van der Waals surface area contributed by atoms with Gasteiger partial charge in [-0.2, -0.15) is 0 Å². The van der Waals surface area contributed by atoms with E-state index in [0.717, 1.165) is 57.8 Å². The summed E-state index contributed by atoms with van der Waals surface area (Å²) in [5.74, 6) is 0.0623. The van der Waals surface area contributed by atoms with Crippen molar-refractivity contribution in [2.75, 3.05) is 13.7 Å². The summed E-state index contributed by atoms with van der Waals surface area (Å²) < 4.78 is 4.42. The summed E-state index contributed by atoms with van der Waals surface area (Å²) in [4.78, 5) is 50.8. The molecule has 0 saturated carbocycles. The average Bonchev–Trinajstić information content (AvgIpc) is 3.19. The van der Waals surface area contributed by atoms with E-state index >= 15 is 0 Å². The third-order valence-electron chi connectivity index (χ3n) is 5.98. The molecule has 0 aliphatic rings. The lowest BCUT2D eigenvalue weighted by Crippen LogP contribution is -2.39. The highest BCUT2D eigenvalue weighted by molar-refractivity contribution is 5.76. The number of fused-ring (bicyclic) bond motifs is 1. The van der Waals surface area contributed by atoms with Crippen LogP contribution in [0.4, 0.5) is 0 Å². The van der Waals surface area contributed by atoms with Crippen molar-refractivity contribution in [3.05, 3.63) is 27.2 Å². The average molecular weight is 466 g/mol. The Kier molecular flexibility index (Phi) is 11.3. The summed E-state index contributed by atoms with van der Waals surface area (Å²) in [5, 5.41) is 2.97. The minimum atomic E-state index is -0.313. The number of nitrogens with zero attached hydrogens (tertiary/aromatic N) is 4. The Morgan fingerprint density at radius 2 is 1.70 bits per heavy atom. The van der Waals surface area contributed by atoms with E-state index in [1.165, 1.54) is 16.2 Å². The number of imidazole rings is 1. The van der Waals surface area contributed by atoms with Crippen LogP contribution in [0.3, 0.4) is 0 Å². The summed E-state index contributed by atoms with van der Waals surface area (Å²) in [5.41, 5.74) is 0.297. The Labute approximate surface area is 194 Å². The highest BCUT2D eigenvalue weighted by Crippen LogP contribution is 2.10. The summed E-state index contributed by atoms with van der Waals surface area (Å²) in [6.07, 6.45) is 11.0. The number of unbranched alkanes of at least 4 members (excludes halogenated alkanes) is 7. The van der Waals surface area contributed by atoms with Crippen LogP contribution in [-0.4, -0.2) is 44.4 Å². The molecule has 0 aliphatic heterocycles. The van der Waals surface area contributed by atoms with E-state index in [0.29, 0.717) is 30.7 Å². The number of aromatic nitrogens is 4. The van der Waals surface area contributed by atoms with Crippen LogP contribution in [0.1, 0.15) is 71.1 Å². The van der Waals surface area contributed by atoms with Gasteiger partial charge >= 0.3 is 5.69 Å². The number of aryl methyl sites for hydroxylation is 2. The first-order valence-corrected chi connectivity index (χ1v) is 12.0. The number of carbonyl (C=O) groups excluding carboxylic acids is 1. The summed E-state index contributed by atoms with van der Waals surface area (Å²) >= 11 is 0. The van der Waals surface area contributed by atoms with Crippen molar-refractivity contribution < 1.29 is 14.6 Å². The van der Waals surface area contributed by atoms with E-state index in [2.05, 4.69) is 15.2 Å². The third kappa shape index (κ3) is 7.82.